The highest BCUT2D eigenvalue weighted by Gasteiger charge is 2.29. The van der Waals surface area contributed by atoms with Crippen molar-refractivity contribution in [3.63, 3.8) is 0 Å². The van der Waals surface area contributed by atoms with E-state index in [1.54, 1.807) is 0 Å². The Morgan fingerprint density at radius 2 is 2.13 bits per heavy atom. The molecule has 0 aliphatic rings. The van der Waals surface area contributed by atoms with Crippen molar-refractivity contribution in [2.75, 3.05) is 0 Å². The zero-order valence-electron chi connectivity index (χ0n) is 8.30. The number of carboxylic acids is 1. The van der Waals surface area contributed by atoms with Crippen LogP contribution in [-0.4, -0.2) is 27.5 Å². The number of carbonyl (C=O) groups excluding carboxylic acids is 1. The van der Waals surface area contributed by atoms with Crippen LogP contribution in [0.1, 0.15) is 24.3 Å². The minimum Gasteiger partial charge on any atom is -0.480 e. The van der Waals surface area contributed by atoms with Gasteiger partial charge in [0.1, 0.15) is 11.2 Å². The van der Waals surface area contributed by atoms with Gasteiger partial charge in [0.2, 0.25) is 0 Å². The molecule has 5 nitrogen and oxygen atoms in total. The van der Waals surface area contributed by atoms with Gasteiger partial charge in [-0.1, -0.05) is 11.6 Å². The van der Waals surface area contributed by atoms with Crippen LogP contribution in [-0.2, 0) is 4.79 Å². The first-order valence-corrected chi connectivity index (χ1v) is 4.60. The predicted molar refractivity (Wildman–Crippen MR) is 55.0 cm³/mol. The number of nitrogens with one attached hydrogen (secondary N) is 2. The standard InChI is InChI=1S/C9H11ClN2O3/c1-9(2,8(14)15)12-7(13)6-3-5(10)4-11-6/h3-4,11H,1-2H3,(H,12,13)(H,14,15). The van der Waals surface area contributed by atoms with Crippen molar-refractivity contribution in [3.05, 3.63) is 23.0 Å². The van der Waals surface area contributed by atoms with Crippen LogP contribution in [0.15, 0.2) is 12.3 Å². The summed E-state index contributed by atoms with van der Waals surface area (Å²) in [7, 11) is 0. The largest absolute Gasteiger partial charge is 0.480 e. The van der Waals surface area contributed by atoms with Gasteiger partial charge in [-0.15, -0.1) is 0 Å². The fourth-order valence-electron chi connectivity index (χ4n) is 0.904. The smallest absolute Gasteiger partial charge is 0.328 e. The van der Waals surface area contributed by atoms with Gasteiger partial charge >= 0.3 is 5.97 Å². The summed E-state index contributed by atoms with van der Waals surface area (Å²) >= 11 is 5.61. The number of carboxylic acid groups (broad SMARTS) is 1. The van der Waals surface area contributed by atoms with Gasteiger partial charge in [0.25, 0.3) is 5.91 Å². The van der Waals surface area contributed by atoms with Crippen LogP contribution >= 0.6 is 11.6 Å². The number of rotatable bonds is 3. The summed E-state index contributed by atoms with van der Waals surface area (Å²) in [6.07, 6.45) is 1.45. The molecule has 82 valence electrons. The Morgan fingerprint density at radius 3 is 2.53 bits per heavy atom. The van der Waals surface area contributed by atoms with E-state index in [4.69, 9.17) is 16.7 Å². The van der Waals surface area contributed by atoms with E-state index in [0.717, 1.165) is 0 Å². The number of amides is 1. The van der Waals surface area contributed by atoms with Gasteiger partial charge in [-0.25, -0.2) is 4.79 Å². The Kier molecular flexibility index (Phi) is 3.04. The first kappa shape index (κ1) is 11.6. The number of aliphatic carboxylic acids is 1. The minimum atomic E-state index is -1.31. The molecule has 1 amide bonds. The Morgan fingerprint density at radius 1 is 1.53 bits per heavy atom. The number of hydrogen-bond donors (Lipinski definition) is 3. The Bertz CT molecular complexity index is 398. The number of aromatic amines is 1. The lowest BCUT2D eigenvalue weighted by atomic mass is 10.1. The number of aromatic nitrogens is 1. The lowest BCUT2D eigenvalue weighted by molar-refractivity contribution is -0.143. The van der Waals surface area contributed by atoms with Crippen molar-refractivity contribution in [1.29, 1.82) is 0 Å². The zero-order valence-corrected chi connectivity index (χ0v) is 9.05. The summed E-state index contributed by atoms with van der Waals surface area (Å²) in [5.41, 5.74) is -1.08. The van der Waals surface area contributed by atoms with E-state index in [0.29, 0.717) is 5.02 Å². The highest BCUT2D eigenvalue weighted by molar-refractivity contribution is 6.31. The number of halogens is 1. The number of hydrogen-bond acceptors (Lipinski definition) is 2. The highest BCUT2D eigenvalue weighted by atomic mass is 35.5. The highest BCUT2D eigenvalue weighted by Crippen LogP contribution is 2.11. The fourth-order valence-corrected chi connectivity index (χ4v) is 1.07. The van der Waals surface area contributed by atoms with Crippen LogP contribution in [0, 0.1) is 0 Å². The second-order valence-corrected chi connectivity index (χ2v) is 4.05. The second-order valence-electron chi connectivity index (χ2n) is 3.62. The van der Waals surface area contributed by atoms with Crippen LogP contribution in [0.2, 0.25) is 5.02 Å². The predicted octanol–water partition coefficient (Wildman–Crippen LogP) is 1.26. The average Bonchev–Trinajstić information content (AvgIpc) is 2.50. The molecule has 0 aliphatic heterocycles. The van der Waals surface area contributed by atoms with Crippen LogP contribution in [0.25, 0.3) is 0 Å². The zero-order chi connectivity index (χ0) is 11.6. The van der Waals surface area contributed by atoms with Crippen molar-refractivity contribution in [2.45, 2.75) is 19.4 Å². The van der Waals surface area contributed by atoms with Crippen LogP contribution in [0.4, 0.5) is 0 Å². The molecule has 0 unspecified atom stereocenters. The topological polar surface area (TPSA) is 82.2 Å². The van der Waals surface area contributed by atoms with E-state index < -0.39 is 17.4 Å². The number of H-pyrrole nitrogens is 1. The van der Waals surface area contributed by atoms with Crippen molar-refractivity contribution in [2.24, 2.45) is 0 Å². The van der Waals surface area contributed by atoms with Crippen molar-refractivity contribution >= 4 is 23.5 Å². The maximum absolute atomic E-state index is 11.5. The molecule has 6 heteroatoms. The Balaban J connectivity index is 2.76. The summed E-state index contributed by atoms with van der Waals surface area (Å²) in [4.78, 5) is 24.9. The molecule has 0 atom stereocenters. The number of carbonyl (C=O) groups is 2. The van der Waals surface area contributed by atoms with Gasteiger partial charge in [0, 0.05) is 6.20 Å². The van der Waals surface area contributed by atoms with E-state index in [-0.39, 0.29) is 5.69 Å². The lowest BCUT2D eigenvalue weighted by Gasteiger charge is -2.20. The lowest BCUT2D eigenvalue weighted by Crippen LogP contribution is -2.49. The first-order valence-electron chi connectivity index (χ1n) is 4.23. The molecule has 0 saturated carbocycles. The molecule has 3 N–H and O–H groups in total. The Labute approximate surface area is 91.4 Å². The van der Waals surface area contributed by atoms with Crippen molar-refractivity contribution in [3.8, 4) is 0 Å². The average molecular weight is 231 g/mol. The summed E-state index contributed by atoms with van der Waals surface area (Å²) in [6.45, 7) is 2.80. The van der Waals surface area contributed by atoms with Gasteiger partial charge in [-0.2, -0.15) is 0 Å². The van der Waals surface area contributed by atoms with Crippen molar-refractivity contribution < 1.29 is 14.7 Å². The van der Waals surface area contributed by atoms with Crippen LogP contribution < -0.4 is 5.32 Å². The fraction of sp³-hybridized carbons (Fsp3) is 0.333. The van der Waals surface area contributed by atoms with E-state index >= 15 is 0 Å². The maximum Gasteiger partial charge on any atom is 0.328 e. The molecule has 0 aromatic carbocycles. The third-order valence-electron chi connectivity index (χ3n) is 1.85. The van der Waals surface area contributed by atoms with Gasteiger partial charge in [-0.3, -0.25) is 4.79 Å². The summed E-state index contributed by atoms with van der Waals surface area (Å²) in [6, 6.07) is 1.43. The van der Waals surface area contributed by atoms with E-state index in [2.05, 4.69) is 10.3 Å². The molecule has 1 heterocycles. The van der Waals surface area contributed by atoms with Gasteiger partial charge < -0.3 is 15.4 Å². The second kappa shape index (κ2) is 3.94. The van der Waals surface area contributed by atoms with Gasteiger partial charge in [0.05, 0.1) is 5.02 Å². The molecule has 0 saturated heterocycles. The first-order chi connectivity index (χ1) is 6.83. The van der Waals surface area contributed by atoms with E-state index in [1.165, 1.54) is 26.1 Å². The maximum atomic E-state index is 11.5. The van der Waals surface area contributed by atoms with Crippen molar-refractivity contribution in [1.82, 2.24) is 10.3 Å². The van der Waals surface area contributed by atoms with Gasteiger partial charge in [0.15, 0.2) is 0 Å². The summed E-state index contributed by atoms with van der Waals surface area (Å²) in [5.74, 6) is -1.61. The van der Waals surface area contributed by atoms with E-state index in [9.17, 15) is 9.59 Å². The molecule has 0 aliphatic carbocycles. The molecule has 0 bridgehead atoms. The summed E-state index contributed by atoms with van der Waals surface area (Å²) < 4.78 is 0. The SMILES string of the molecule is CC(C)(NC(=O)c1cc(Cl)c[nH]1)C(=O)O. The molecule has 0 spiro atoms. The van der Waals surface area contributed by atoms with E-state index in [1.807, 2.05) is 0 Å². The molecule has 0 fully saturated rings. The molecular weight excluding hydrogens is 220 g/mol. The van der Waals surface area contributed by atoms with Gasteiger partial charge in [-0.05, 0) is 19.9 Å². The molecule has 0 radical (unpaired) electrons. The third-order valence-corrected chi connectivity index (χ3v) is 2.07. The van der Waals surface area contributed by atoms with Crippen LogP contribution in [0.5, 0.6) is 0 Å². The quantitative estimate of drug-likeness (QED) is 0.731. The van der Waals surface area contributed by atoms with Crippen LogP contribution in [0.3, 0.4) is 0 Å². The molecule has 1 rings (SSSR count). The minimum absolute atomic E-state index is 0.231. The monoisotopic (exact) mass is 230 g/mol. The third kappa shape index (κ3) is 2.73. The Hall–Kier alpha value is -1.49. The normalized spacial score (nSPS) is 11.1. The summed E-state index contributed by atoms with van der Waals surface area (Å²) in [5, 5.41) is 11.5. The molecule has 1 aromatic rings. The molecule has 15 heavy (non-hydrogen) atoms. The molecular formula is C9H11ClN2O3. The molecule has 1 aromatic heterocycles.